The molecule has 1 aromatic carbocycles. The molecule has 5 heteroatoms. The molecule has 4 nitrogen and oxygen atoms in total. The van der Waals surface area contributed by atoms with Crippen molar-refractivity contribution in [3.63, 3.8) is 0 Å². The van der Waals surface area contributed by atoms with Gasteiger partial charge in [-0.1, -0.05) is 19.4 Å². The average Bonchev–Trinajstić information content (AvgIpc) is 2.50. The zero-order valence-electron chi connectivity index (χ0n) is 14.6. The number of guanidine groups is 1. The van der Waals surface area contributed by atoms with E-state index in [1.807, 2.05) is 6.07 Å². The zero-order valence-corrected chi connectivity index (χ0v) is 17.0. The molecule has 0 aliphatic carbocycles. The molecule has 0 radical (unpaired) electrons. The molecule has 0 saturated carbocycles. The Labute approximate surface area is 157 Å². The molecule has 0 amide bonds. The highest BCUT2D eigenvalue weighted by Gasteiger charge is 2.13. The highest BCUT2D eigenvalue weighted by atomic mass is 127. The summed E-state index contributed by atoms with van der Waals surface area (Å²) in [5.74, 6) is 1.05. The van der Waals surface area contributed by atoms with E-state index in [1.54, 1.807) is 0 Å². The molecule has 0 spiro atoms. The van der Waals surface area contributed by atoms with E-state index in [0.29, 0.717) is 11.9 Å². The van der Waals surface area contributed by atoms with Gasteiger partial charge in [-0.05, 0) is 69.0 Å². The monoisotopic (exact) mass is 430 g/mol. The lowest BCUT2D eigenvalue weighted by atomic mass is 10.1. The van der Waals surface area contributed by atoms with E-state index >= 15 is 0 Å². The number of nitrogens with two attached hydrogens (primary N) is 1. The molecule has 1 aliphatic rings. The van der Waals surface area contributed by atoms with Gasteiger partial charge in [0.25, 0.3) is 0 Å². The van der Waals surface area contributed by atoms with Crippen molar-refractivity contribution < 1.29 is 0 Å². The molecule has 1 heterocycles. The lowest BCUT2D eigenvalue weighted by Gasteiger charge is -2.28. The lowest BCUT2D eigenvalue weighted by molar-refractivity contribution is 0.203. The number of halogens is 1. The van der Waals surface area contributed by atoms with Crippen LogP contribution in [0.4, 0.5) is 5.69 Å². The maximum atomic E-state index is 6.00. The summed E-state index contributed by atoms with van der Waals surface area (Å²) in [7, 11) is 0. The number of benzene rings is 1. The van der Waals surface area contributed by atoms with E-state index in [9.17, 15) is 0 Å². The van der Waals surface area contributed by atoms with E-state index in [1.165, 1.54) is 43.5 Å². The lowest BCUT2D eigenvalue weighted by Crippen LogP contribution is -2.34. The highest BCUT2D eigenvalue weighted by Crippen LogP contribution is 2.14. The number of nitrogens with zero attached hydrogens (tertiary/aromatic N) is 2. The highest BCUT2D eigenvalue weighted by molar-refractivity contribution is 14.0. The Morgan fingerprint density at radius 3 is 2.57 bits per heavy atom. The van der Waals surface area contributed by atoms with Crippen LogP contribution in [0.1, 0.15) is 37.3 Å². The Morgan fingerprint density at radius 2 is 1.91 bits per heavy atom. The van der Waals surface area contributed by atoms with E-state index in [-0.39, 0.29) is 24.0 Å². The number of piperidine rings is 1. The van der Waals surface area contributed by atoms with Crippen LogP contribution < -0.4 is 11.1 Å². The van der Waals surface area contributed by atoms with Gasteiger partial charge < -0.3 is 16.0 Å². The van der Waals surface area contributed by atoms with Gasteiger partial charge in [-0.2, -0.15) is 0 Å². The van der Waals surface area contributed by atoms with Crippen LogP contribution in [0.15, 0.2) is 23.2 Å². The van der Waals surface area contributed by atoms with Crippen molar-refractivity contribution in [1.82, 2.24) is 4.90 Å². The van der Waals surface area contributed by atoms with E-state index in [0.717, 1.165) is 18.8 Å². The van der Waals surface area contributed by atoms with Crippen molar-refractivity contribution in [2.24, 2.45) is 16.6 Å². The number of rotatable bonds is 5. The van der Waals surface area contributed by atoms with Gasteiger partial charge in [-0.15, -0.1) is 24.0 Å². The molecule has 1 atom stereocenters. The second-order valence-corrected chi connectivity index (χ2v) is 6.62. The Hall–Kier alpha value is -0.820. The van der Waals surface area contributed by atoms with Gasteiger partial charge in [0.2, 0.25) is 0 Å². The predicted octanol–water partition coefficient (Wildman–Crippen LogP) is 3.77. The second kappa shape index (κ2) is 10.1. The van der Waals surface area contributed by atoms with Crippen molar-refractivity contribution in [1.29, 1.82) is 0 Å². The van der Waals surface area contributed by atoms with Gasteiger partial charge in [0.15, 0.2) is 5.96 Å². The molecular weight excluding hydrogens is 399 g/mol. The van der Waals surface area contributed by atoms with Crippen LogP contribution in [0.5, 0.6) is 0 Å². The molecule has 1 unspecified atom stereocenters. The smallest absolute Gasteiger partial charge is 0.193 e. The van der Waals surface area contributed by atoms with Crippen LogP contribution >= 0.6 is 24.0 Å². The SMILES string of the molecule is Cc1ccc(NC(N)=NCC(C)CN2CCCCC2)cc1C.I. The van der Waals surface area contributed by atoms with Crippen LogP contribution in [0.2, 0.25) is 0 Å². The van der Waals surface area contributed by atoms with Gasteiger partial charge in [-0.25, -0.2) is 0 Å². The van der Waals surface area contributed by atoms with Crippen molar-refractivity contribution in [3.8, 4) is 0 Å². The van der Waals surface area contributed by atoms with Crippen LogP contribution in [-0.4, -0.2) is 37.0 Å². The molecule has 23 heavy (non-hydrogen) atoms. The molecular formula is C18H31IN4. The Morgan fingerprint density at radius 1 is 1.22 bits per heavy atom. The number of hydrogen-bond acceptors (Lipinski definition) is 2. The number of anilines is 1. The van der Waals surface area contributed by atoms with Crippen molar-refractivity contribution in [3.05, 3.63) is 29.3 Å². The third kappa shape index (κ3) is 7.08. The largest absolute Gasteiger partial charge is 0.370 e. The Balaban J connectivity index is 0.00000264. The third-order valence-corrected chi connectivity index (χ3v) is 4.37. The minimum atomic E-state index is 0. The number of likely N-dealkylation sites (tertiary alicyclic amines) is 1. The summed E-state index contributed by atoms with van der Waals surface area (Å²) < 4.78 is 0. The predicted molar refractivity (Wildman–Crippen MR) is 111 cm³/mol. The van der Waals surface area contributed by atoms with Crippen molar-refractivity contribution >= 4 is 35.6 Å². The van der Waals surface area contributed by atoms with Gasteiger partial charge in [0, 0.05) is 18.8 Å². The van der Waals surface area contributed by atoms with E-state index < -0.39 is 0 Å². The number of hydrogen-bond donors (Lipinski definition) is 2. The molecule has 2 rings (SSSR count). The molecule has 0 aromatic heterocycles. The second-order valence-electron chi connectivity index (χ2n) is 6.62. The van der Waals surface area contributed by atoms with Crippen molar-refractivity contribution in [2.75, 3.05) is 31.5 Å². The quantitative estimate of drug-likeness (QED) is 0.425. The maximum Gasteiger partial charge on any atom is 0.193 e. The first-order valence-electron chi connectivity index (χ1n) is 8.41. The summed E-state index contributed by atoms with van der Waals surface area (Å²) in [6.45, 7) is 10.9. The summed E-state index contributed by atoms with van der Waals surface area (Å²) in [4.78, 5) is 7.05. The molecule has 130 valence electrons. The average molecular weight is 430 g/mol. The summed E-state index contributed by atoms with van der Waals surface area (Å²) in [5, 5.41) is 3.18. The first-order chi connectivity index (χ1) is 10.5. The zero-order chi connectivity index (χ0) is 15.9. The fourth-order valence-electron chi connectivity index (χ4n) is 2.90. The number of aryl methyl sites for hydroxylation is 2. The summed E-state index contributed by atoms with van der Waals surface area (Å²) in [6, 6.07) is 6.25. The van der Waals surface area contributed by atoms with Gasteiger partial charge in [-0.3, -0.25) is 4.99 Å². The minimum absolute atomic E-state index is 0. The van der Waals surface area contributed by atoms with E-state index in [2.05, 4.69) is 48.1 Å². The van der Waals surface area contributed by atoms with Crippen LogP contribution in [-0.2, 0) is 0 Å². The first kappa shape index (κ1) is 20.2. The summed E-state index contributed by atoms with van der Waals surface area (Å²) in [6.07, 6.45) is 4.06. The molecule has 0 bridgehead atoms. The first-order valence-corrected chi connectivity index (χ1v) is 8.41. The van der Waals surface area contributed by atoms with Crippen LogP contribution in [0.3, 0.4) is 0 Å². The number of nitrogens with one attached hydrogen (secondary N) is 1. The fourth-order valence-corrected chi connectivity index (χ4v) is 2.90. The maximum absolute atomic E-state index is 6.00. The Bertz CT molecular complexity index is 510. The number of aliphatic imine (C=N–C) groups is 1. The molecule has 1 saturated heterocycles. The summed E-state index contributed by atoms with van der Waals surface area (Å²) in [5.41, 5.74) is 9.56. The summed E-state index contributed by atoms with van der Waals surface area (Å²) >= 11 is 0. The Kier molecular flexibility index (Phi) is 8.91. The molecule has 1 aromatic rings. The standard InChI is InChI=1S/C18H30N4.HI/c1-14(13-22-9-5-4-6-10-22)12-20-18(19)21-17-8-7-15(2)16(3)11-17;/h7-8,11,14H,4-6,9-10,12-13H2,1-3H3,(H3,19,20,21);1H. The third-order valence-electron chi connectivity index (χ3n) is 4.37. The molecule has 1 aliphatic heterocycles. The molecule has 1 fully saturated rings. The van der Waals surface area contributed by atoms with E-state index in [4.69, 9.17) is 5.73 Å². The van der Waals surface area contributed by atoms with Crippen LogP contribution in [0.25, 0.3) is 0 Å². The van der Waals surface area contributed by atoms with Gasteiger partial charge in [0.1, 0.15) is 0 Å². The van der Waals surface area contributed by atoms with Crippen molar-refractivity contribution in [2.45, 2.75) is 40.0 Å². The van der Waals surface area contributed by atoms with Gasteiger partial charge >= 0.3 is 0 Å². The fraction of sp³-hybridized carbons (Fsp3) is 0.611. The normalized spacial score (nSPS) is 17.4. The van der Waals surface area contributed by atoms with Crippen LogP contribution in [0, 0.1) is 19.8 Å². The minimum Gasteiger partial charge on any atom is -0.370 e. The molecule has 3 N–H and O–H groups in total. The topological polar surface area (TPSA) is 53.6 Å². The van der Waals surface area contributed by atoms with Gasteiger partial charge in [0.05, 0.1) is 0 Å².